The lowest BCUT2D eigenvalue weighted by atomic mass is 10.0. The number of carbonyl (C=O) groups excluding carboxylic acids is 5. The second-order valence-electron chi connectivity index (χ2n) is 13.5. The average Bonchev–Trinajstić information content (AvgIpc) is 3.65. The van der Waals surface area contributed by atoms with Gasteiger partial charge in [0.1, 0.15) is 18.1 Å². The fourth-order valence-corrected chi connectivity index (χ4v) is 6.32. The minimum absolute atomic E-state index is 0.0799. The number of aliphatic imine (C=N–C) groups is 1. The number of hydrogen-bond acceptors (Lipinski definition) is 9. The predicted molar refractivity (Wildman–Crippen MR) is 203 cm³/mol. The number of aliphatic carboxylic acids is 1. The fraction of sp³-hybridized carbons (Fsp3) is 0.500. The number of carboxylic acid groups (broad SMARTS) is 1. The third-order valence-corrected chi connectivity index (χ3v) is 9.20. The molecule has 3 rings (SSSR count). The summed E-state index contributed by atoms with van der Waals surface area (Å²) in [6.07, 6.45) is 2.54. The van der Waals surface area contributed by atoms with E-state index in [1.54, 1.807) is 30.3 Å². The molecule has 1 heterocycles. The van der Waals surface area contributed by atoms with Gasteiger partial charge in [0.2, 0.25) is 23.6 Å². The van der Waals surface area contributed by atoms with Gasteiger partial charge in [-0.05, 0) is 69.0 Å². The number of nitrogens with two attached hydrogens (primary N) is 4. The molecule has 1 fully saturated rings. The van der Waals surface area contributed by atoms with Gasteiger partial charge in [0, 0.05) is 32.4 Å². The second kappa shape index (κ2) is 22.7. The lowest BCUT2D eigenvalue weighted by Gasteiger charge is -2.28. The number of hydrogen-bond donors (Lipinski definition) is 8. The largest absolute Gasteiger partial charge is 0.480 e. The van der Waals surface area contributed by atoms with E-state index in [0.717, 1.165) is 11.1 Å². The van der Waals surface area contributed by atoms with Crippen LogP contribution >= 0.6 is 0 Å². The summed E-state index contributed by atoms with van der Waals surface area (Å²) >= 11 is 0. The van der Waals surface area contributed by atoms with Crippen LogP contribution in [0.25, 0.3) is 0 Å². The molecule has 12 N–H and O–H groups in total. The predicted octanol–water partition coefficient (Wildman–Crippen LogP) is -0.139. The Morgan fingerprint density at radius 3 is 2.04 bits per heavy atom. The molecule has 5 atom stereocenters. The number of nitrogens with one attached hydrogen (secondary N) is 3. The Bertz CT molecular complexity index is 1570. The van der Waals surface area contributed by atoms with Crippen molar-refractivity contribution in [1.29, 1.82) is 0 Å². The number of carboxylic acids is 1. The summed E-state index contributed by atoms with van der Waals surface area (Å²) in [5.41, 5.74) is 24.3. The quantitative estimate of drug-likeness (QED) is 0.0421. The fourth-order valence-electron chi connectivity index (χ4n) is 6.32. The maximum absolute atomic E-state index is 13.6. The van der Waals surface area contributed by atoms with Crippen LogP contribution in [-0.2, 0) is 41.6 Å². The van der Waals surface area contributed by atoms with E-state index in [9.17, 15) is 33.9 Å². The maximum atomic E-state index is 13.6. The number of amides is 4. The number of guanidine groups is 1. The molecular formula is C38H55N9O7. The van der Waals surface area contributed by atoms with Crippen LogP contribution in [0.1, 0.15) is 68.9 Å². The van der Waals surface area contributed by atoms with Crippen molar-refractivity contribution in [3.63, 3.8) is 0 Å². The van der Waals surface area contributed by atoms with Gasteiger partial charge >= 0.3 is 5.97 Å². The highest BCUT2D eigenvalue weighted by Gasteiger charge is 2.37. The molecule has 0 spiro atoms. The number of Topliss-reactive ketones (excluding diaryl/α,β-unsaturated/α-hetero) is 1. The van der Waals surface area contributed by atoms with Crippen LogP contribution in [0.3, 0.4) is 0 Å². The van der Waals surface area contributed by atoms with E-state index < -0.39 is 59.7 Å². The van der Waals surface area contributed by atoms with Gasteiger partial charge < -0.3 is 48.9 Å². The van der Waals surface area contributed by atoms with Gasteiger partial charge in [-0.1, -0.05) is 60.7 Å². The topological polar surface area (TPSA) is 278 Å². The van der Waals surface area contributed by atoms with Crippen LogP contribution in [0.4, 0.5) is 0 Å². The Morgan fingerprint density at radius 2 is 1.43 bits per heavy atom. The lowest BCUT2D eigenvalue weighted by Crippen LogP contribution is -2.54. The summed E-state index contributed by atoms with van der Waals surface area (Å²) in [4.78, 5) is 84.4. The van der Waals surface area contributed by atoms with Gasteiger partial charge in [0.05, 0.1) is 12.1 Å². The van der Waals surface area contributed by atoms with Gasteiger partial charge in [0.15, 0.2) is 11.7 Å². The summed E-state index contributed by atoms with van der Waals surface area (Å²) < 4.78 is 0. The first kappa shape index (κ1) is 43.1. The third-order valence-electron chi connectivity index (χ3n) is 9.20. The molecule has 0 saturated carbocycles. The molecule has 0 aromatic heterocycles. The van der Waals surface area contributed by atoms with Crippen molar-refractivity contribution in [2.45, 2.75) is 101 Å². The zero-order valence-corrected chi connectivity index (χ0v) is 30.7. The van der Waals surface area contributed by atoms with E-state index in [1.165, 1.54) is 4.90 Å². The highest BCUT2D eigenvalue weighted by molar-refractivity contribution is 5.96. The van der Waals surface area contributed by atoms with Crippen molar-refractivity contribution in [3.8, 4) is 0 Å². The zero-order valence-electron chi connectivity index (χ0n) is 30.7. The van der Waals surface area contributed by atoms with Gasteiger partial charge in [-0.2, -0.15) is 0 Å². The number of ketones is 1. The molecule has 1 aliphatic heterocycles. The van der Waals surface area contributed by atoms with E-state index in [-0.39, 0.29) is 50.5 Å². The smallest absolute Gasteiger partial charge is 0.326 e. The van der Waals surface area contributed by atoms with Crippen molar-refractivity contribution in [2.24, 2.45) is 27.9 Å². The molecule has 1 saturated heterocycles. The molecule has 0 unspecified atom stereocenters. The van der Waals surface area contributed by atoms with Gasteiger partial charge in [-0.3, -0.25) is 29.0 Å². The van der Waals surface area contributed by atoms with E-state index in [0.29, 0.717) is 51.6 Å². The van der Waals surface area contributed by atoms with Gasteiger partial charge in [-0.15, -0.1) is 0 Å². The summed E-state index contributed by atoms with van der Waals surface area (Å²) in [6.45, 7) is 0.932. The Labute approximate surface area is 315 Å². The number of rotatable bonds is 23. The van der Waals surface area contributed by atoms with Crippen molar-refractivity contribution in [1.82, 2.24) is 20.9 Å². The molecular weight excluding hydrogens is 694 g/mol. The number of likely N-dealkylation sites (tertiary alicyclic amines) is 1. The number of unbranched alkanes of at least 4 members (excludes halogenated alkanes) is 1. The summed E-state index contributed by atoms with van der Waals surface area (Å²) in [5, 5.41) is 17.7. The number of nitrogens with zero attached hydrogens (tertiary/aromatic N) is 2. The van der Waals surface area contributed by atoms with E-state index in [4.69, 9.17) is 22.9 Å². The SMILES string of the molecule is NCCCC[C@H](NC(=O)[C@H](Cc1ccccc1)NC(=O)CCC(=O)[C@H](CCCN=C(N)N)NC(=O)[C@@H]1CCCN1C(=O)[C@H](N)Cc1ccccc1)C(=O)O. The van der Waals surface area contributed by atoms with Gasteiger partial charge in [0.25, 0.3) is 0 Å². The van der Waals surface area contributed by atoms with Crippen molar-refractivity contribution in [2.75, 3.05) is 19.6 Å². The molecule has 16 nitrogen and oxygen atoms in total. The number of carbonyl (C=O) groups is 6. The normalized spacial score (nSPS) is 16.0. The molecule has 2 aromatic carbocycles. The Hall–Kier alpha value is -5.35. The minimum atomic E-state index is -1.20. The summed E-state index contributed by atoms with van der Waals surface area (Å²) in [6, 6.07) is 13.3. The first-order chi connectivity index (χ1) is 25.9. The minimum Gasteiger partial charge on any atom is -0.480 e. The molecule has 294 valence electrons. The van der Waals surface area contributed by atoms with Crippen LogP contribution in [0, 0.1) is 0 Å². The Balaban J connectivity index is 1.67. The molecule has 2 aromatic rings. The van der Waals surface area contributed by atoms with Crippen LogP contribution in [-0.4, -0.2) is 101 Å². The Kier molecular flexibility index (Phi) is 18.1. The van der Waals surface area contributed by atoms with Crippen molar-refractivity contribution in [3.05, 3.63) is 71.8 Å². The van der Waals surface area contributed by atoms with Crippen LogP contribution in [0.2, 0.25) is 0 Å². The monoisotopic (exact) mass is 749 g/mol. The van der Waals surface area contributed by atoms with E-state index in [2.05, 4.69) is 20.9 Å². The first-order valence-corrected chi connectivity index (χ1v) is 18.4. The molecule has 4 amide bonds. The third kappa shape index (κ3) is 14.6. The molecule has 0 radical (unpaired) electrons. The van der Waals surface area contributed by atoms with Crippen LogP contribution in [0.15, 0.2) is 65.7 Å². The Morgan fingerprint density at radius 1 is 0.796 bits per heavy atom. The van der Waals surface area contributed by atoms with E-state index in [1.807, 2.05) is 30.3 Å². The molecule has 0 aliphatic carbocycles. The summed E-state index contributed by atoms with van der Waals surface area (Å²) in [7, 11) is 0. The number of benzene rings is 2. The second-order valence-corrected chi connectivity index (χ2v) is 13.5. The zero-order chi connectivity index (χ0) is 39.5. The lowest BCUT2D eigenvalue weighted by molar-refractivity contribution is -0.142. The van der Waals surface area contributed by atoms with E-state index >= 15 is 0 Å². The van der Waals surface area contributed by atoms with Gasteiger partial charge in [-0.25, -0.2) is 4.79 Å². The standard InChI is InChI=1S/C38H55N9O7/c39-20-8-7-15-29(37(53)54)46-34(50)30(24-26-13-5-2-6-14-26)44-33(49)19-18-32(48)28(16-9-21-43-38(41)42)45-35(51)31-17-10-22-47(31)36(52)27(40)23-25-11-3-1-4-12-25/h1-6,11-14,27-31H,7-10,15-24,39-40H2,(H,44,49)(H,45,51)(H,46,50)(H,53,54)(H4,41,42,43)/t27-,28+,29+,30+,31+/m1/s1. The average molecular weight is 750 g/mol. The molecule has 1 aliphatic rings. The van der Waals surface area contributed by atoms with Crippen LogP contribution in [0.5, 0.6) is 0 Å². The van der Waals surface area contributed by atoms with Crippen molar-refractivity contribution < 1.29 is 33.9 Å². The highest BCUT2D eigenvalue weighted by Crippen LogP contribution is 2.20. The molecule has 0 bridgehead atoms. The van der Waals surface area contributed by atoms with Crippen molar-refractivity contribution >= 4 is 41.3 Å². The summed E-state index contributed by atoms with van der Waals surface area (Å²) in [5.74, 6) is -3.91. The molecule has 54 heavy (non-hydrogen) atoms. The maximum Gasteiger partial charge on any atom is 0.326 e. The highest BCUT2D eigenvalue weighted by atomic mass is 16.4. The van der Waals surface area contributed by atoms with Crippen LogP contribution < -0.4 is 38.9 Å². The first-order valence-electron chi connectivity index (χ1n) is 18.4. The molecule has 16 heteroatoms.